The van der Waals surface area contributed by atoms with Crippen LogP contribution in [0.2, 0.25) is 0 Å². The lowest BCUT2D eigenvalue weighted by Gasteiger charge is -2.18. The van der Waals surface area contributed by atoms with Crippen molar-refractivity contribution in [3.8, 4) is 45.5 Å². The van der Waals surface area contributed by atoms with Crippen molar-refractivity contribution in [1.29, 1.82) is 0 Å². The summed E-state index contributed by atoms with van der Waals surface area (Å²) in [4.78, 5) is 24.6. The smallest absolute Gasteiger partial charge is 0.387 e. The summed E-state index contributed by atoms with van der Waals surface area (Å²) in [5.74, 6) is 0.417. The molecule has 0 unspecified atom stereocenters. The molecule has 50 heavy (non-hydrogen) atoms. The number of nitrogens with zero attached hydrogens (tertiary/aromatic N) is 3. The summed E-state index contributed by atoms with van der Waals surface area (Å²) in [6, 6.07) is 18.8. The average Bonchev–Trinajstić information content (AvgIpc) is 3.91. The lowest BCUT2D eigenvalue weighted by Crippen LogP contribution is -2.32. The van der Waals surface area contributed by atoms with Crippen LogP contribution in [0.4, 0.5) is 8.78 Å². The molecule has 2 aromatic heterocycles. The van der Waals surface area contributed by atoms with Crippen LogP contribution in [0.3, 0.4) is 0 Å². The molecule has 4 heterocycles. The number of methoxy groups -OCH3 is 1. The number of alkyl halides is 2. The van der Waals surface area contributed by atoms with E-state index in [4.69, 9.17) is 28.6 Å². The van der Waals surface area contributed by atoms with E-state index in [1.54, 1.807) is 13.2 Å². The number of hydrogen-bond acceptors (Lipinski definition) is 9. The summed E-state index contributed by atoms with van der Waals surface area (Å²) >= 11 is 0. The van der Waals surface area contributed by atoms with E-state index in [0.29, 0.717) is 23.7 Å². The first kappa shape index (κ1) is 33.6. The molecule has 0 amide bonds. The molecule has 5 aromatic rings. The molecule has 3 aromatic carbocycles. The summed E-state index contributed by atoms with van der Waals surface area (Å²) in [5.41, 5.74) is 8.69. The molecule has 0 saturated carbocycles. The van der Waals surface area contributed by atoms with Gasteiger partial charge in [-0.15, -0.1) is 0 Å². The Morgan fingerprint density at radius 2 is 1.66 bits per heavy atom. The highest BCUT2D eigenvalue weighted by Gasteiger charge is 2.25. The van der Waals surface area contributed by atoms with Crippen molar-refractivity contribution in [2.24, 2.45) is 0 Å². The van der Waals surface area contributed by atoms with Crippen LogP contribution in [-0.4, -0.2) is 60.2 Å². The molecule has 1 N–H and O–H groups in total. The maximum Gasteiger partial charge on any atom is 0.387 e. The van der Waals surface area contributed by atoms with Crippen molar-refractivity contribution >= 4 is 17.1 Å². The Labute approximate surface area is 289 Å². The zero-order valence-corrected chi connectivity index (χ0v) is 28.4. The number of nitrogens with one attached hydrogen (secondary N) is 1. The number of carbonyl (C=O) groups excluding carboxylic acids is 1. The average molecular weight is 683 g/mol. The molecule has 0 bridgehead atoms. The lowest BCUT2D eigenvalue weighted by molar-refractivity contribution is -0.147. The SMILES string of the molecule is COc1nc(-c2cccc(-c3cccc(-c4nc5cc(COC(=O)[C@@H]6CCCN6)c(OC(F)F)cc5o4)c3C)c2C)ccc1CN1CCCC1. The number of benzene rings is 3. The Hall–Kier alpha value is -4.87. The maximum atomic E-state index is 13.4. The van der Waals surface area contributed by atoms with Crippen LogP contribution in [-0.2, 0) is 22.7 Å². The Balaban J connectivity index is 1.19. The van der Waals surface area contributed by atoms with Crippen LogP contribution in [0.25, 0.3) is 44.9 Å². The second-order valence-electron chi connectivity index (χ2n) is 12.9. The van der Waals surface area contributed by atoms with Gasteiger partial charge in [0.1, 0.15) is 23.9 Å². The van der Waals surface area contributed by atoms with Gasteiger partial charge in [0.05, 0.1) is 12.8 Å². The van der Waals surface area contributed by atoms with Crippen LogP contribution >= 0.6 is 0 Å². The number of fused-ring (bicyclic) bond motifs is 1. The van der Waals surface area contributed by atoms with Crippen LogP contribution in [0, 0.1) is 13.8 Å². The van der Waals surface area contributed by atoms with Gasteiger partial charge in [0, 0.05) is 34.9 Å². The number of oxazole rings is 1. The van der Waals surface area contributed by atoms with E-state index in [9.17, 15) is 13.6 Å². The first-order chi connectivity index (χ1) is 24.3. The highest BCUT2D eigenvalue weighted by atomic mass is 19.3. The van der Waals surface area contributed by atoms with Gasteiger partial charge < -0.3 is 23.9 Å². The quantitative estimate of drug-likeness (QED) is 0.140. The van der Waals surface area contributed by atoms with E-state index in [1.807, 2.05) is 25.1 Å². The fourth-order valence-electron chi connectivity index (χ4n) is 7.03. The first-order valence-corrected chi connectivity index (χ1v) is 17.0. The predicted molar refractivity (Wildman–Crippen MR) is 186 cm³/mol. The second kappa shape index (κ2) is 14.5. The van der Waals surface area contributed by atoms with Crippen molar-refractivity contribution in [3.63, 3.8) is 0 Å². The van der Waals surface area contributed by atoms with Gasteiger partial charge in [-0.2, -0.15) is 8.78 Å². The fraction of sp³-hybridized carbons (Fsp3) is 0.359. The number of likely N-dealkylation sites (tertiary alicyclic amines) is 1. The molecule has 2 aliphatic rings. The largest absolute Gasteiger partial charge is 0.481 e. The number of esters is 1. The van der Waals surface area contributed by atoms with Crippen molar-refractivity contribution in [3.05, 3.63) is 82.9 Å². The summed E-state index contributed by atoms with van der Waals surface area (Å²) < 4.78 is 48.9. The van der Waals surface area contributed by atoms with Crippen LogP contribution in [0.1, 0.15) is 47.9 Å². The number of carbonyl (C=O) groups is 1. The van der Waals surface area contributed by atoms with Gasteiger partial charge in [-0.1, -0.05) is 36.4 Å². The number of halogens is 2. The minimum Gasteiger partial charge on any atom is -0.481 e. The van der Waals surface area contributed by atoms with E-state index in [1.165, 1.54) is 18.9 Å². The Morgan fingerprint density at radius 1 is 0.940 bits per heavy atom. The third-order valence-corrected chi connectivity index (χ3v) is 9.69. The zero-order valence-electron chi connectivity index (χ0n) is 28.4. The highest BCUT2D eigenvalue weighted by molar-refractivity contribution is 5.84. The van der Waals surface area contributed by atoms with Gasteiger partial charge in [0.2, 0.25) is 11.8 Å². The number of aromatic nitrogens is 2. The summed E-state index contributed by atoms with van der Waals surface area (Å²) in [6.45, 7) is 4.55. The van der Waals surface area contributed by atoms with E-state index in [2.05, 4.69) is 47.5 Å². The van der Waals surface area contributed by atoms with E-state index in [0.717, 1.165) is 77.2 Å². The van der Waals surface area contributed by atoms with Crippen LogP contribution < -0.4 is 14.8 Å². The molecular formula is C39H40F2N4O5. The molecule has 7 rings (SSSR count). The van der Waals surface area contributed by atoms with Crippen molar-refractivity contribution in [1.82, 2.24) is 20.2 Å². The first-order valence-electron chi connectivity index (χ1n) is 17.0. The molecule has 2 fully saturated rings. The summed E-state index contributed by atoms with van der Waals surface area (Å²) in [6.07, 6.45) is 3.99. The minimum atomic E-state index is -3.07. The molecule has 260 valence electrons. The van der Waals surface area contributed by atoms with Gasteiger partial charge >= 0.3 is 12.6 Å². The Kier molecular flexibility index (Phi) is 9.78. The van der Waals surface area contributed by atoms with Crippen molar-refractivity contribution in [2.45, 2.75) is 65.3 Å². The third-order valence-electron chi connectivity index (χ3n) is 9.69. The summed E-state index contributed by atoms with van der Waals surface area (Å²) in [5, 5.41) is 3.08. The van der Waals surface area contributed by atoms with E-state index >= 15 is 0 Å². The van der Waals surface area contributed by atoms with Gasteiger partial charge in [0.15, 0.2) is 5.58 Å². The highest BCUT2D eigenvalue weighted by Crippen LogP contribution is 2.38. The summed E-state index contributed by atoms with van der Waals surface area (Å²) in [7, 11) is 1.67. The van der Waals surface area contributed by atoms with Gasteiger partial charge in [0.25, 0.3) is 0 Å². The standard InChI is InChI=1S/C39H40F2N4O5/c1-23-27(9-6-11-29(23)31-15-14-25(36(43-31)47-3)21-45-17-4-5-18-45)28-10-7-12-30(24(28)2)37-44-33-19-26(22-48-38(46)32-13-8-16-42-32)34(50-39(40)41)20-35(33)49-37/h6-7,9-12,14-15,19-20,32,39,42H,4-5,8,13,16-18,21-22H2,1-3H3/t32-/m0/s1. The predicted octanol–water partition coefficient (Wildman–Crippen LogP) is 7.84. The molecule has 2 aliphatic heterocycles. The molecular weight excluding hydrogens is 642 g/mol. The molecule has 0 spiro atoms. The third kappa shape index (κ3) is 6.93. The normalized spacial score (nSPS) is 16.4. The minimum absolute atomic E-state index is 0.130. The Morgan fingerprint density at radius 3 is 2.36 bits per heavy atom. The molecule has 9 nitrogen and oxygen atoms in total. The van der Waals surface area contributed by atoms with Gasteiger partial charge in [-0.3, -0.25) is 9.69 Å². The molecule has 0 aliphatic carbocycles. The molecule has 2 saturated heterocycles. The van der Waals surface area contributed by atoms with Crippen molar-refractivity contribution in [2.75, 3.05) is 26.7 Å². The second-order valence-corrected chi connectivity index (χ2v) is 12.9. The number of rotatable bonds is 11. The topological polar surface area (TPSA) is 99.0 Å². The molecule has 1 atom stereocenters. The zero-order chi connectivity index (χ0) is 34.8. The molecule has 11 heteroatoms. The number of ether oxygens (including phenoxy) is 3. The number of pyridine rings is 1. The van der Waals surface area contributed by atoms with Crippen molar-refractivity contribution < 1.29 is 32.2 Å². The maximum absolute atomic E-state index is 13.4. The van der Waals surface area contributed by atoms with Gasteiger partial charge in [-0.25, -0.2) is 9.97 Å². The monoisotopic (exact) mass is 682 g/mol. The van der Waals surface area contributed by atoms with E-state index < -0.39 is 18.6 Å². The lowest BCUT2D eigenvalue weighted by atomic mass is 9.90. The Bertz CT molecular complexity index is 2020. The van der Waals surface area contributed by atoms with Crippen LogP contribution in [0.15, 0.2) is 65.1 Å². The number of hydrogen-bond donors (Lipinski definition) is 1. The fourth-order valence-corrected chi connectivity index (χ4v) is 7.03. The van der Waals surface area contributed by atoms with E-state index in [-0.39, 0.29) is 23.5 Å². The van der Waals surface area contributed by atoms with Crippen LogP contribution in [0.5, 0.6) is 11.6 Å². The molecule has 0 radical (unpaired) electrons. The van der Waals surface area contributed by atoms with Gasteiger partial charge in [-0.05, 0) is 99.6 Å².